The number of nitrogens with one attached hydrogen (secondary N) is 1. The number of hydrogen-bond acceptors (Lipinski definition) is 5. The molecule has 0 radical (unpaired) electrons. The van der Waals surface area contributed by atoms with Crippen molar-refractivity contribution in [3.63, 3.8) is 0 Å². The summed E-state index contributed by atoms with van der Waals surface area (Å²) in [7, 11) is -2.43. The third-order valence-corrected chi connectivity index (χ3v) is 8.54. The van der Waals surface area contributed by atoms with Crippen molar-refractivity contribution in [2.75, 3.05) is 24.5 Å². The number of nitrogens with zero attached hydrogens (tertiary/aromatic N) is 1. The summed E-state index contributed by atoms with van der Waals surface area (Å²) in [5, 5.41) is 3.00. The minimum absolute atomic E-state index is 0.105. The minimum atomic E-state index is -3.96. The van der Waals surface area contributed by atoms with E-state index in [-0.39, 0.29) is 22.8 Å². The smallest absolute Gasteiger partial charge is 0.264 e. The normalized spacial score (nSPS) is 16.6. The Morgan fingerprint density at radius 1 is 1.17 bits per heavy atom. The Morgan fingerprint density at radius 3 is 2.44 bits per heavy atom. The van der Waals surface area contributed by atoms with Gasteiger partial charge in [-0.25, -0.2) is 8.42 Å². The van der Waals surface area contributed by atoms with Crippen molar-refractivity contribution in [3.05, 3.63) is 48.0 Å². The first kappa shape index (κ1) is 27.8. The third kappa shape index (κ3) is 6.33. The van der Waals surface area contributed by atoms with E-state index >= 15 is 0 Å². The molecule has 0 unspecified atom stereocenters. The lowest BCUT2D eigenvalue weighted by molar-refractivity contribution is -0.127. The first-order valence-corrected chi connectivity index (χ1v) is 14.2. The zero-order chi connectivity index (χ0) is 26.5. The van der Waals surface area contributed by atoms with Gasteiger partial charge < -0.3 is 14.8 Å². The molecule has 1 heterocycles. The molecule has 0 fully saturated rings. The van der Waals surface area contributed by atoms with E-state index < -0.39 is 16.1 Å². The van der Waals surface area contributed by atoms with Gasteiger partial charge in [0.05, 0.1) is 24.2 Å². The highest BCUT2D eigenvalue weighted by Gasteiger charge is 2.38. The number of rotatable bonds is 10. The van der Waals surface area contributed by atoms with Gasteiger partial charge in [-0.15, -0.1) is 0 Å². The Hall–Kier alpha value is -2.74. The number of hydrogen-bond donors (Lipinski definition) is 1. The van der Waals surface area contributed by atoms with Gasteiger partial charge in [0.1, 0.15) is 11.5 Å². The van der Waals surface area contributed by atoms with Crippen LogP contribution in [0.1, 0.15) is 65.9 Å². The van der Waals surface area contributed by atoms with Gasteiger partial charge in [-0.1, -0.05) is 59.9 Å². The van der Waals surface area contributed by atoms with Crippen LogP contribution in [0.2, 0.25) is 0 Å². The van der Waals surface area contributed by atoms with Crippen molar-refractivity contribution in [1.29, 1.82) is 0 Å². The average molecular weight is 517 g/mol. The molecular formula is C28H40N2O5S. The Labute approximate surface area is 216 Å². The quantitative estimate of drug-likeness (QED) is 0.464. The summed E-state index contributed by atoms with van der Waals surface area (Å²) in [6.45, 7) is 10.9. The molecule has 0 aliphatic carbocycles. The number of carbonyl (C=O) groups excluding carboxylic acids is 1. The van der Waals surface area contributed by atoms with Gasteiger partial charge in [0.2, 0.25) is 0 Å². The highest BCUT2D eigenvalue weighted by atomic mass is 32.2. The highest BCUT2D eigenvalue weighted by Crippen LogP contribution is 2.40. The Kier molecular flexibility index (Phi) is 8.93. The fourth-order valence-corrected chi connectivity index (χ4v) is 5.73. The predicted octanol–water partition coefficient (Wildman–Crippen LogP) is 5.28. The lowest BCUT2D eigenvalue weighted by Crippen LogP contribution is -2.51. The fourth-order valence-electron chi connectivity index (χ4n) is 4.26. The zero-order valence-electron chi connectivity index (χ0n) is 22.3. The monoisotopic (exact) mass is 516 g/mol. The second-order valence-electron chi connectivity index (χ2n) is 10.4. The van der Waals surface area contributed by atoms with Crippen LogP contribution in [0.4, 0.5) is 5.69 Å². The number of unbranched alkanes of at least 4 members (excludes halogenated alkanes) is 1. The number of carbonyl (C=O) groups is 1. The largest absolute Gasteiger partial charge is 0.497 e. The van der Waals surface area contributed by atoms with Crippen LogP contribution in [0.5, 0.6) is 11.5 Å². The lowest BCUT2D eigenvalue weighted by Gasteiger charge is -2.36. The van der Waals surface area contributed by atoms with E-state index in [1.165, 1.54) is 23.5 Å². The summed E-state index contributed by atoms with van der Waals surface area (Å²) in [5.41, 5.74) is 1.23. The van der Waals surface area contributed by atoms with E-state index in [1.54, 1.807) is 18.2 Å². The van der Waals surface area contributed by atoms with Crippen LogP contribution in [0.25, 0.3) is 0 Å². The van der Waals surface area contributed by atoms with Gasteiger partial charge in [-0.3, -0.25) is 9.10 Å². The van der Waals surface area contributed by atoms with Crippen LogP contribution in [0.3, 0.4) is 0 Å². The molecule has 8 heteroatoms. The molecule has 0 saturated carbocycles. The predicted molar refractivity (Wildman–Crippen MR) is 143 cm³/mol. The third-order valence-electron chi connectivity index (χ3n) is 6.74. The van der Waals surface area contributed by atoms with Crippen LogP contribution in [0.15, 0.2) is 47.4 Å². The van der Waals surface area contributed by atoms with Crippen LogP contribution >= 0.6 is 0 Å². The summed E-state index contributed by atoms with van der Waals surface area (Å²) in [5.74, 6) is 1.03. The van der Waals surface area contributed by atoms with Crippen molar-refractivity contribution < 1.29 is 22.7 Å². The van der Waals surface area contributed by atoms with Crippen molar-refractivity contribution in [1.82, 2.24) is 5.32 Å². The molecule has 2 atom stereocenters. The Bertz CT molecular complexity index is 1140. The van der Waals surface area contributed by atoms with E-state index in [9.17, 15) is 13.2 Å². The van der Waals surface area contributed by atoms with Gasteiger partial charge in [-0.05, 0) is 59.7 Å². The number of amides is 1. The summed E-state index contributed by atoms with van der Waals surface area (Å²) in [4.78, 5) is 13.3. The molecule has 36 heavy (non-hydrogen) atoms. The number of methoxy groups -OCH3 is 1. The Morgan fingerprint density at radius 2 is 1.86 bits per heavy atom. The average Bonchev–Trinajstić information content (AvgIpc) is 2.87. The molecule has 0 aromatic heterocycles. The molecule has 3 rings (SSSR count). The van der Waals surface area contributed by atoms with Crippen molar-refractivity contribution in [2.24, 2.45) is 5.92 Å². The SMILES string of the molecule is CCCC[C@@H](CC)CNC(=O)[C@@H]1CN(S(=O)(=O)c2ccc(OC)cc2)c2cc(C(C)(C)C)ccc2O1. The van der Waals surface area contributed by atoms with E-state index in [2.05, 4.69) is 39.9 Å². The molecule has 1 aliphatic rings. The minimum Gasteiger partial charge on any atom is -0.497 e. The van der Waals surface area contributed by atoms with E-state index in [4.69, 9.17) is 9.47 Å². The topological polar surface area (TPSA) is 84.9 Å². The summed E-state index contributed by atoms with van der Waals surface area (Å²) in [6, 6.07) is 11.8. The maximum Gasteiger partial charge on any atom is 0.264 e. The van der Waals surface area contributed by atoms with Gasteiger partial charge in [-0.2, -0.15) is 0 Å². The van der Waals surface area contributed by atoms with Crippen molar-refractivity contribution >= 4 is 21.6 Å². The number of fused-ring (bicyclic) bond motifs is 1. The summed E-state index contributed by atoms with van der Waals surface area (Å²) >= 11 is 0. The summed E-state index contributed by atoms with van der Waals surface area (Å²) in [6.07, 6.45) is 3.31. The standard InChI is InChI=1S/C28H40N2O5S/c1-7-9-10-20(8-2)18-29-27(31)26-19-30(36(32,33)23-14-12-22(34-6)13-15-23)24-17-21(28(3,4)5)11-16-25(24)35-26/h11-17,20,26H,7-10,18-19H2,1-6H3,(H,29,31)/t20-,26+/m1/s1. The Balaban J connectivity index is 1.94. The second-order valence-corrected chi connectivity index (χ2v) is 12.3. The van der Waals surface area contributed by atoms with Crippen LogP contribution in [-0.4, -0.2) is 40.6 Å². The number of anilines is 1. The number of benzene rings is 2. The second kappa shape index (κ2) is 11.5. The van der Waals surface area contributed by atoms with Gasteiger partial charge in [0.15, 0.2) is 6.10 Å². The highest BCUT2D eigenvalue weighted by molar-refractivity contribution is 7.92. The molecule has 2 aromatic rings. The number of sulfonamides is 1. The van der Waals surface area contributed by atoms with Crippen molar-refractivity contribution in [3.8, 4) is 11.5 Å². The van der Waals surface area contributed by atoms with Crippen LogP contribution in [-0.2, 0) is 20.2 Å². The molecule has 1 aliphatic heterocycles. The molecule has 1 N–H and O–H groups in total. The van der Waals surface area contributed by atoms with Gasteiger partial charge in [0.25, 0.3) is 15.9 Å². The van der Waals surface area contributed by atoms with E-state index in [0.29, 0.717) is 29.6 Å². The van der Waals surface area contributed by atoms with Gasteiger partial charge >= 0.3 is 0 Å². The molecule has 7 nitrogen and oxygen atoms in total. The zero-order valence-corrected chi connectivity index (χ0v) is 23.2. The lowest BCUT2D eigenvalue weighted by atomic mass is 9.86. The molecule has 0 spiro atoms. The summed E-state index contributed by atoms with van der Waals surface area (Å²) < 4.78 is 40.2. The molecule has 1 amide bonds. The van der Waals surface area contributed by atoms with E-state index in [0.717, 1.165) is 31.2 Å². The number of ether oxygens (including phenoxy) is 2. The van der Waals surface area contributed by atoms with Crippen LogP contribution < -0.4 is 19.1 Å². The maximum absolute atomic E-state index is 13.8. The first-order valence-electron chi connectivity index (χ1n) is 12.8. The fraction of sp³-hybridized carbons (Fsp3) is 0.536. The first-order chi connectivity index (χ1) is 17.0. The van der Waals surface area contributed by atoms with Crippen LogP contribution in [0, 0.1) is 5.92 Å². The molecule has 0 bridgehead atoms. The van der Waals surface area contributed by atoms with Crippen molar-refractivity contribution in [2.45, 2.75) is 76.7 Å². The van der Waals surface area contributed by atoms with E-state index in [1.807, 2.05) is 12.1 Å². The maximum atomic E-state index is 13.8. The molecule has 0 saturated heterocycles. The molecule has 2 aromatic carbocycles. The molecule has 198 valence electrons. The van der Waals surface area contributed by atoms with Gasteiger partial charge in [0, 0.05) is 6.54 Å². The molecular weight excluding hydrogens is 476 g/mol.